The lowest BCUT2D eigenvalue weighted by Gasteiger charge is -2.14. The number of hydrogen-bond donors (Lipinski definition) is 1. The molecule has 2 rings (SSSR count). The standard InChI is InChI=1S/C19H24N2O2/c1-15(23-14-17-7-5-4-6-8-17)19(22)20-18-11-9-16(10-12-18)13-21(2)3/h4-12,15H,13-14H2,1-3H3,(H,20,22)/t15-/m1/s1. The lowest BCUT2D eigenvalue weighted by molar-refractivity contribution is -0.127. The lowest BCUT2D eigenvalue weighted by atomic mass is 10.2. The average Bonchev–Trinajstić information content (AvgIpc) is 2.55. The molecular formula is C19H24N2O2. The third kappa shape index (κ3) is 5.85. The van der Waals surface area contributed by atoms with E-state index in [1.807, 2.05) is 68.7 Å². The minimum absolute atomic E-state index is 0.138. The molecule has 0 spiro atoms. The Morgan fingerprint density at radius 1 is 1.04 bits per heavy atom. The third-order valence-corrected chi connectivity index (χ3v) is 3.43. The fraction of sp³-hybridized carbons (Fsp3) is 0.316. The molecule has 0 aliphatic rings. The van der Waals surface area contributed by atoms with E-state index in [4.69, 9.17) is 4.74 Å². The molecule has 0 unspecified atom stereocenters. The van der Waals surface area contributed by atoms with Gasteiger partial charge in [-0.3, -0.25) is 4.79 Å². The first-order valence-corrected chi connectivity index (χ1v) is 7.74. The summed E-state index contributed by atoms with van der Waals surface area (Å²) in [6, 6.07) is 17.7. The Morgan fingerprint density at radius 2 is 1.70 bits per heavy atom. The van der Waals surface area contributed by atoms with Gasteiger partial charge in [0.1, 0.15) is 6.10 Å². The van der Waals surface area contributed by atoms with E-state index in [2.05, 4.69) is 10.2 Å². The maximum Gasteiger partial charge on any atom is 0.253 e. The van der Waals surface area contributed by atoms with Crippen LogP contribution in [0.15, 0.2) is 54.6 Å². The van der Waals surface area contributed by atoms with Gasteiger partial charge in [-0.05, 0) is 44.3 Å². The van der Waals surface area contributed by atoms with Crippen molar-refractivity contribution in [3.8, 4) is 0 Å². The summed E-state index contributed by atoms with van der Waals surface area (Å²) >= 11 is 0. The van der Waals surface area contributed by atoms with Crippen LogP contribution in [0.25, 0.3) is 0 Å². The number of carbonyl (C=O) groups is 1. The molecule has 23 heavy (non-hydrogen) atoms. The highest BCUT2D eigenvalue weighted by Crippen LogP contribution is 2.12. The van der Waals surface area contributed by atoms with Crippen molar-refractivity contribution in [2.24, 2.45) is 0 Å². The predicted molar refractivity (Wildman–Crippen MR) is 93.2 cm³/mol. The lowest BCUT2D eigenvalue weighted by Crippen LogP contribution is -2.27. The van der Waals surface area contributed by atoms with Gasteiger partial charge in [0.05, 0.1) is 6.61 Å². The largest absolute Gasteiger partial charge is 0.364 e. The van der Waals surface area contributed by atoms with Gasteiger partial charge in [-0.1, -0.05) is 42.5 Å². The van der Waals surface area contributed by atoms with Crippen molar-refractivity contribution < 1.29 is 9.53 Å². The van der Waals surface area contributed by atoms with Crippen LogP contribution in [0.4, 0.5) is 5.69 Å². The second-order valence-electron chi connectivity index (χ2n) is 5.86. The molecule has 4 heteroatoms. The quantitative estimate of drug-likeness (QED) is 0.853. The topological polar surface area (TPSA) is 41.6 Å². The predicted octanol–water partition coefficient (Wildman–Crippen LogP) is 3.29. The van der Waals surface area contributed by atoms with Crippen LogP contribution in [0, 0.1) is 0 Å². The fourth-order valence-corrected chi connectivity index (χ4v) is 2.17. The van der Waals surface area contributed by atoms with E-state index in [0.29, 0.717) is 6.61 Å². The molecule has 0 radical (unpaired) electrons. The number of hydrogen-bond acceptors (Lipinski definition) is 3. The van der Waals surface area contributed by atoms with Crippen molar-refractivity contribution in [2.75, 3.05) is 19.4 Å². The SMILES string of the molecule is C[C@@H](OCc1ccccc1)C(=O)Nc1ccc(CN(C)C)cc1. The molecule has 2 aromatic rings. The molecule has 0 aliphatic carbocycles. The minimum atomic E-state index is -0.503. The van der Waals surface area contributed by atoms with Crippen LogP contribution in [0.2, 0.25) is 0 Å². The second-order valence-corrected chi connectivity index (χ2v) is 5.86. The van der Waals surface area contributed by atoms with Gasteiger partial charge >= 0.3 is 0 Å². The Morgan fingerprint density at radius 3 is 2.30 bits per heavy atom. The summed E-state index contributed by atoms with van der Waals surface area (Å²) in [5.74, 6) is -0.138. The maximum absolute atomic E-state index is 12.2. The molecule has 2 aromatic carbocycles. The minimum Gasteiger partial charge on any atom is -0.364 e. The Labute approximate surface area is 138 Å². The fourth-order valence-electron chi connectivity index (χ4n) is 2.17. The number of benzene rings is 2. The van der Waals surface area contributed by atoms with Gasteiger partial charge in [-0.15, -0.1) is 0 Å². The molecule has 0 aromatic heterocycles. The summed E-state index contributed by atoms with van der Waals surface area (Å²) in [6.45, 7) is 3.07. The number of anilines is 1. The van der Waals surface area contributed by atoms with Crippen molar-refractivity contribution in [3.63, 3.8) is 0 Å². The number of ether oxygens (including phenoxy) is 1. The first-order valence-electron chi connectivity index (χ1n) is 7.74. The van der Waals surface area contributed by atoms with Gasteiger partial charge < -0.3 is 15.0 Å². The third-order valence-electron chi connectivity index (χ3n) is 3.43. The van der Waals surface area contributed by atoms with Crippen molar-refractivity contribution in [3.05, 3.63) is 65.7 Å². The number of rotatable bonds is 7. The molecule has 1 N–H and O–H groups in total. The van der Waals surface area contributed by atoms with Crippen molar-refractivity contribution in [1.29, 1.82) is 0 Å². The van der Waals surface area contributed by atoms with E-state index < -0.39 is 6.10 Å². The average molecular weight is 312 g/mol. The van der Waals surface area contributed by atoms with E-state index in [-0.39, 0.29) is 5.91 Å². The van der Waals surface area contributed by atoms with Crippen LogP contribution in [-0.4, -0.2) is 31.0 Å². The summed E-state index contributed by atoms with van der Waals surface area (Å²) in [7, 11) is 4.06. The van der Waals surface area contributed by atoms with Crippen LogP contribution < -0.4 is 5.32 Å². The van der Waals surface area contributed by atoms with Gasteiger partial charge in [0.25, 0.3) is 5.91 Å². The van der Waals surface area contributed by atoms with Crippen LogP contribution >= 0.6 is 0 Å². The van der Waals surface area contributed by atoms with E-state index in [1.54, 1.807) is 6.92 Å². The van der Waals surface area contributed by atoms with Crippen molar-refractivity contribution in [1.82, 2.24) is 4.90 Å². The first-order chi connectivity index (χ1) is 11.0. The number of carbonyl (C=O) groups excluding carboxylic acids is 1. The first kappa shape index (κ1) is 17.2. The molecule has 1 amide bonds. The van der Waals surface area contributed by atoms with Gasteiger partial charge in [0.2, 0.25) is 0 Å². The molecule has 0 aliphatic heterocycles. The Bertz CT molecular complexity index is 609. The molecular weight excluding hydrogens is 288 g/mol. The molecule has 0 fully saturated rings. The summed E-state index contributed by atoms with van der Waals surface area (Å²) in [6.07, 6.45) is -0.503. The molecule has 4 nitrogen and oxygen atoms in total. The van der Waals surface area contributed by atoms with E-state index in [9.17, 15) is 4.79 Å². The zero-order valence-corrected chi connectivity index (χ0v) is 14.0. The summed E-state index contributed by atoms with van der Waals surface area (Å²) < 4.78 is 5.62. The molecule has 0 heterocycles. The molecule has 1 atom stereocenters. The molecule has 0 bridgehead atoms. The van der Waals surface area contributed by atoms with Crippen molar-refractivity contribution in [2.45, 2.75) is 26.2 Å². The monoisotopic (exact) mass is 312 g/mol. The van der Waals surface area contributed by atoms with Crippen LogP contribution in [0.1, 0.15) is 18.1 Å². The van der Waals surface area contributed by atoms with Crippen LogP contribution in [-0.2, 0) is 22.7 Å². The zero-order valence-electron chi connectivity index (χ0n) is 14.0. The zero-order chi connectivity index (χ0) is 16.7. The highest BCUT2D eigenvalue weighted by molar-refractivity contribution is 5.93. The number of nitrogens with one attached hydrogen (secondary N) is 1. The second kappa shape index (κ2) is 8.46. The summed E-state index contributed by atoms with van der Waals surface area (Å²) in [5.41, 5.74) is 3.05. The van der Waals surface area contributed by atoms with Crippen LogP contribution in [0.3, 0.4) is 0 Å². The normalized spacial score (nSPS) is 12.2. The molecule has 122 valence electrons. The van der Waals surface area contributed by atoms with E-state index >= 15 is 0 Å². The highest BCUT2D eigenvalue weighted by Gasteiger charge is 2.13. The number of amides is 1. The Hall–Kier alpha value is -2.17. The van der Waals surface area contributed by atoms with Gasteiger partial charge in [0, 0.05) is 12.2 Å². The van der Waals surface area contributed by atoms with Crippen LogP contribution in [0.5, 0.6) is 0 Å². The summed E-state index contributed by atoms with van der Waals surface area (Å²) in [5, 5.41) is 2.88. The Kier molecular flexibility index (Phi) is 6.32. The summed E-state index contributed by atoms with van der Waals surface area (Å²) in [4.78, 5) is 14.3. The smallest absolute Gasteiger partial charge is 0.253 e. The number of nitrogens with zero attached hydrogens (tertiary/aromatic N) is 1. The molecule has 0 saturated heterocycles. The maximum atomic E-state index is 12.2. The molecule has 0 saturated carbocycles. The van der Waals surface area contributed by atoms with Gasteiger partial charge in [0.15, 0.2) is 0 Å². The van der Waals surface area contributed by atoms with Crippen molar-refractivity contribution >= 4 is 11.6 Å². The van der Waals surface area contributed by atoms with Gasteiger partial charge in [-0.2, -0.15) is 0 Å². The van der Waals surface area contributed by atoms with E-state index in [0.717, 1.165) is 17.8 Å². The highest BCUT2D eigenvalue weighted by atomic mass is 16.5. The Balaban J connectivity index is 1.83. The van der Waals surface area contributed by atoms with E-state index in [1.165, 1.54) is 5.56 Å². The van der Waals surface area contributed by atoms with Gasteiger partial charge in [-0.25, -0.2) is 0 Å².